The third-order valence-electron chi connectivity index (χ3n) is 2.54. The molecular formula is C14H19IN2O2. The SMILES string of the molecule is CC(C)CNC(=O)C(C)NC(=O)c1ccccc1I. The van der Waals surface area contributed by atoms with E-state index in [-0.39, 0.29) is 11.8 Å². The van der Waals surface area contributed by atoms with E-state index >= 15 is 0 Å². The minimum atomic E-state index is -0.540. The van der Waals surface area contributed by atoms with E-state index in [0.717, 1.165) is 3.57 Å². The molecule has 4 nitrogen and oxygen atoms in total. The first-order valence-corrected chi connectivity index (χ1v) is 7.32. The van der Waals surface area contributed by atoms with Gasteiger partial charge < -0.3 is 10.6 Å². The van der Waals surface area contributed by atoms with Crippen LogP contribution in [-0.2, 0) is 4.79 Å². The van der Waals surface area contributed by atoms with Crippen LogP contribution < -0.4 is 10.6 Å². The van der Waals surface area contributed by atoms with Crippen LogP contribution in [0.15, 0.2) is 24.3 Å². The largest absolute Gasteiger partial charge is 0.354 e. The zero-order valence-electron chi connectivity index (χ0n) is 11.4. The third-order valence-corrected chi connectivity index (χ3v) is 3.48. The highest BCUT2D eigenvalue weighted by Crippen LogP contribution is 2.11. The highest BCUT2D eigenvalue weighted by atomic mass is 127. The molecule has 0 aliphatic carbocycles. The number of benzene rings is 1. The molecule has 0 bridgehead atoms. The number of halogens is 1. The maximum Gasteiger partial charge on any atom is 0.252 e. The molecule has 0 aromatic heterocycles. The van der Waals surface area contributed by atoms with E-state index in [0.29, 0.717) is 18.0 Å². The molecular weight excluding hydrogens is 355 g/mol. The first-order chi connectivity index (χ1) is 8.91. The molecule has 0 aliphatic rings. The fraction of sp³-hybridized carbons (Fsp3) is 0.429. The Morgan fingerprint density at radius 1 is 1.21 bits per heavy atom. The lowest BCUT2D eigenvalue weighted by atomic mass is 10.2. The number of amides is 2. The minimum Gasteiger partial charge on any atom is -0.354 e. The minimum absolute atomic E-state index is 0.159. The quantitative estimate of drug-likeness (QED) is 0.777. The van der Waals surface area contributed by atoms with Crippen molar-refractivity contribution in [2.75, 3.05) is 6.54 Å². The van der Waals surface area contributed by atoms with Gasteiger partial charge in [-0.1, -0.05) is 26.0 Å². The summed E-state index contributed by atoms with van der Waals surface area (Å²) in [6.07, 6.45) is 0. The van der Waals surface area contributed by atoms with Crippen LogP contribution in [0.25, 0.3) is 0 Å². The van der Waals surface area contributed by atoms with Crippen molar-refractivity contribution in [3.63, 3.8) is 0 Å². The number of carbonyl (C=O) groups excluding carboxylic acids is 2. The summed E-state index contributed by atoms with van der Waals surface area (Å²) in [4.78, 5) is 23.8. The van der Waals surface area contributed by atoms with Gasteiger partial charge in [-0.3, -0.25) is 9.59 Å². The number of carbonyl (C=O) groups is 2. The Morgan fingerprint density at radius 3 is 2.42 bits per heavy atom. The molecule has 0 aliphatic heterocycles. The topological polar surface area (TPSA) is 58.2 Å². The Balaban J connectivity index is 2.57. The van der Waals surface area contributed by atoms with Crippen molar-refractivity contribution in [2.24, 2.45) is 5.92 Å². The molecule has 0 heterocycles. The summed E-state index contributed by atoms with van der Waals surface area (Å²) >= 11 is 2.10. The molecule has 0 radical (unpaired) electrons. The maximum atomic E-state index is 12.0. The van der Waals surface area contributed by atoms with Gasteiger partial charge >= 0.3 is 0 Å². The summed E-state index contributed by atoms with van der Waals surface area (Å²) in [5, 5.41) is 5.50. The van der Waals surface area contributed by atoms with Crippen molar-refractivity contribution in [1.82, 2.24) is 10.6 Å². The number of nitrogens with one attached hydrogen (secondary N) is 2. The van der Waals surface area contributed by atoms with Gasteiger partial charge in [0, 0.05) is 10.1 Å². The first kappa shape index (κ1) is 15.9. The summed E-state index contributed by atoms with van der Waals surface area (Å²) < 4.78 is 0.868. The van der Waals surface area contributed by atoms with Gasteiger partial charge in [0.05, 0.1) is 5.56 Å². The van der Waals surface area contributed by atoms with Gasteiger partial charge in [-0.05, 0) is 47.6 Å². The van der Waals surface area contributed by atoms with Gasteiger partial charge in [-0.15, -0.1) is 0 Å². The lowest BCUT2D eigenvalue weighted by Crippen LogP contribution is -2.45. The number of rotatable bonds is 5. The van der Waals surface area contributed by atoms with Crippen LogP contribution in [0.2, 0.25) is 0 Å². The van der Waals surface area contributed by atoms with Crippen molar-refractivity contribution in [3.8, 4) is 0 Å². The van der Waals surface area contributed by atoms with Gasteiger partial charge in [0.15, 0.2) is 0 Å². The highest BCUT2D eigenvalue weighted by molar-refractivity contribution is 14.1. The van der Waals surface area contributed by atoms with Crippen molar-refractivity contribution < 1.29 is 9.59 Å². The fourth-order valence-electron chi connectivity index (χ4n) is 1.44. The van der Waals surface area contributed by atoms with Gasteiger partial charge in [-0.25, -0.2) is 0 Å². The average molecular weight is 374 g/mol. The summed E-state index contributed by atoms with van der Waals surface area (Å²) in [7, 11) is 0. The zero-order valence-corrected chi connectivity index (χ0v) is 13.5. The molecule has 1 aromatic rings. The predicted molar refractivity (Wildman–Crippen MR) is 83.9 cm³/mol. The van der Waals surface area contributed by atoms with Crippen molar-refractivity contribution >= 4 is 34.4 Å². The van der Waals surface area contributed by atoms with Crippen LogP contribution in [0.4, 0.5) is 0 Å². The summed E-state index contributed by atoms with van der Waals surface area (Å²) in [6.45, 7) is 6.34. The van der Waals surface area contributed by atoms with Crippen LogP contribution in [-0.4, -0.2) is 24.4 Å². The number of hydrogen-bond acceptors (Lipinski definition) is 2. The van der Waals surface area contributed by atoms with Crippen molar-refractivity contribution in [2.45, 2.75) is 26.8 Å². The molecule has 1 aromatic carbocycles. The van der Waals surface area contributed by atoms with E-state index in [2.05, 4.69) is 33.2 Å². The summed E-state index contributed by atoms with van der Waals surface area (Å²) in [6, 6.07) is 6.74. The van der Waals surface area contributed by atoms with E-state index < -0.39 is 6.04 Å². The second-order valence-electron chi connectivity index (χ2n) is 4.81. The van der Waals surface area contributed by atoms with Crippen LogP contribution in [0, 0.1) is 9.49 Å². The third kappa shape index (κ3) is 5.18. The predicted octanol–water partition coefficient (Wildman–Crippen LogP) is 2.18. The normalized spacial score (nSPS) is 12.1. The molecule has 5 heteroatoms. The summed E-state index contributed by atoms with van der Waals surface area (Å²) in [5.41, 5.74) is 0.589. The Morgan fingerprint density at radius 2 is 1.84 bits per heavy atom. The Hall–Kier alpha value is -1.11. The number of hydrogen-bond donors (Lipinski definition) is 2. The average Bonchev–Trinajstić information content (AvgIpc) is 2.36. The molecule has 0 spiro atoms. The fourth-order valence-corrected chi connectivity index (χ4v) is 2.08. The first-order valence-electron chi connectivity index (χ1n) is 6.25. The molecule has 0 saturated heterocycles. The van der Waals surface area contributed by atoms with Crippen LogP contribution in [0.1, 0.15) is 31.1 Å². The molecule has 104 valence electrons. The molecule has 2 N–H and O–H groups in total. The molecule has 0 fully saturated rings. The van der Waals surface area contributed by atoms with Gasteiger partial charge in [0.1, 0.15) is 6.04 Å². The maximum absolute atomic E-state index is 12.0. The van der Waals surface area contributed by atoms with Crippen molar-refractivity contribution in [1.29, 1.82) is 0 Å². The molecule has 2 amide bonds. The molecule has 0 saturated carbocycles. The second-order valence-corrected chi connectivity index (χ2v) is 5.98. The highest BCUT2D eigenvalue weighted by Gasteiger charge is 2.17. The van der Waals surface area contributed by atoms with Crippen LogP contribution in [0.5, 0.6) is 0 Å². The van der Waals surface area contributed by atoms with Gasteiger partial charge in [0.25, 0.3) is 5.91 Å². The Labute approximate surface area is 127 Å². The standard InChI is InChI=1S/C14H19IN2O2/c1-9(2)8-16-13(18)10(3)17-14(19)11-6-4-5-7-12(11)15/h4-7,9-10H,8H2,1-3H3,(H,16,18)(H,17,19). The lowest BCUT2D eigenvalue weighted by Gasteiger charge is -2.15. The molecule has 1 rings (SSSR count). The van der Waals surface area contributed by atoms with E-state index in [1.807, 2.05) is 26.0 Å². The molecule has 19 heavy (non-hydrogen) atoms. The van der Waals surface area contributed by atoms with E-state index in [1.54, 1.807) is 19.1 Å². The van der Waals surface area contributed by atoms with Gasteiger partial charge in [-0.2, -0.15) is 0 Å². The molecule has 1 atom stereocenters. The smallest absolute Gasteiger partial charge is 0.252 e. The monoisotopic (exact) mass is 374 g/mol. The summed E-state index contributed by atoms with van der Waals surface area (Å²) in [5.74, 6) is 0.00658. The second kappa shape index (κ2) is 7.47. The van der Waals surface area contributed by atoms with Crippen LogP contribution in [0.3, 0.4) is 0 Å². The Kier molecular flexibility index (Phi) is 6.27. The van der Waals surface area contributed by atoms with Crippen LogP contribution >= 0.6 is 22.6 Å². The molecule has 1 unspecified atom stereocenters. The lowest BCUT2D eigenvalue weighted by molar-refractivity contribution is -0.122. The van der Waals surface area contributed by atoms with E-state index in [4.69, 9.17) is 0 Å². The zero-order chi connectivity index (χ0) is 14.4. The van der Waals surface area contributed by atoms with E-state index in [9.17, 15) is 9.59 Å². The van der Waals surface area contributed by atoms with E-state index in [1.165, 1.54) is 0 Å². The van der Waals surface area contributed by atoms with Crippen molar-refractivity contribution in [3.05, 3.63) is 33.4 Å². The van der Waals surface area contributed by atoms with Gasteiger partial charge in [0.2, 0.25) is 5.91 Å². The Bertz CT molecular complexity index is 461.